The summed E-state index contributed by atoms with van der Waals surface area (Å²) in [7, 11) is 0. The van der Waals surface area contributed by atoms with Crippen LogP contribution in [-0.2, 0) is 9.59 Å². The predicted octanol–water partition coefficient (Wildman–Crippen LogP) is 4.08. The quantitative estimate of drug-likeness (QED) is 0.513. The Morgan fingerprint density at radius 3 is 2.00 bits per heavy atom. The van der Waals surface area contributed by atoms with E-state index in [-0.39, 0.29) is 30.9 Å². The average Bonchev–Trinajstić information content (AvgIpc) is 2.77. The minimum Gasteiger partial charge on any atom is -0.346 e. The van der Waals surface area contributed by atoms with Crippen molar-refractivity contribution >= 4 is 29.1 Å². The molecule has 0 bridgehead atoms. The van der Waals surface area contributed by atoms with Crippen LogP contribution in [0, 0.1) is 6.92 Å². The van der Waals surface area contributed by atoms with E-state index in [4.69, 9.17) is 11.6 Å². The number of nitrogens with one attached hydrogen (secondary N) is 3. The first-order valence-electron chi connectivity index (χ1n) is 9.69. The van der Waals surface area contributed by atoms with Crippen LogP contribution in [0.5, 0.6) is 0 Å². The Morgan fingerprint density at radius 2 is 1.40 bits per heavy atom. The van der Waals surface area contributed by atoms with Gasteiger partial charge in [0.2, 0.25) is 11.8 Å². The number of amides is 2. The number of hydrogen-bond donors (Lipinski definition) is 3. The smallest absolute Gasteiger partial charge is 0.243 e. The minimum absolute atomic E-state index is 0.0813. The Labute approximate surface area is 181 Å². The summed E-state index contributed by atoms with van der Waals surface area (Å²) in [6.45, 7) is 1.79. The van der Waals surface area contributed by atoms with E-state index in [1.807, 2.05) is 67.6 Å². The second-order valence-electron chi connectivity index (χ2n) is 6.87. The van der Waals surface area contributed by atoms with E-state index in [0.717, 1.165) is 16.7 Å². The van der Waals surface area contributed by atoms with E-state index >= 15 is 0 Å². The molecule has 3 N–H and O–H groups in total. The van der Waals surface area contributed by atoms with E-state index in [2.05, 4.69) is 16.0 Å². The molecular weight excluding hydrogens is 398 g/mol. The van der Waals surface area contributed by atoms with E-state index in [1.54, 1.807) is 18.2 Å². The van der Waals surface area contributed by atoms with Gasteiger partial charge in [0.1, 0.15) is 0 Å². The van der Waals surface area contributed by atoms with Gasteiger partial charge in [-0.25, -0.2) is 0 Å². The van der Waals surface area contributed by atoms with Crippen LogP contribution in [0.4, 0.5) is 5.69 Å². The lowest BCUT2D eigenvalue weighted by Crippen LogP contribution is -2.39. The first-order chi connectivity index (χ1) is 14.5. The third kappa shape index (κ3) is 5.92. The van der Waals surface area contributed by atoms with E-state index < -0.39 is 0 Å². The van der Waals surface area contributed by atoms with Crippen LogP contribution >= 0.6 is 11.6 Å². The van der Waals surface area contributed by atoms with Crippen LogP contribution in [0.3, 0.4) is 0 Å². The van der Waals surface area contributed by atoms with Gasteiger partial charge in [-0.15, -0.1) is 0 Å². The molecule has 154 valence electrons. The van der Waals surface area contributed by atoms with Crippen molar-refractivity contribution in [3.05, 3.63) is 101 Å². The van der Waals surface area contributed by atoms with Gasteiger partial charge in [0.15, 0.2) is 0 Å². The fourth-order valence-electron chi connectivity index (χ4n) is 3.09. The number of rotatable bonds is 8. The minimum atomic E-state index is -0.309. The van der Waals surface area contributed by atoms with E-state index in [9.17, 15) is 9.59 Å². The summed E-state index contributed by atoms with van der Waals surface area (Å²) in [5, 5.41) is 9.27. The molecule has 2 amide bonds. The second-order valence-corrected chi connectivity index (χ2v) is 7.28. The fraction of sp³-hybridized carbons (Fsp3) is 0.167. The topological polar surface area (TPSA) is 70.2 Å². The highest BCUT2D eigenvalue weighted by Crippen LogP contribution is 2.23. The zero-order valence-corrected chi connectivity index (χ0v) is 17.4. The zero-order chi connectivity index (χ0) is 21.3. The molecule has 0 saturated carbocycles. The molecule has 0 spiro atoms. The number of benzene rings is 3. The maximum Gasteiger partial charge on any atom is 0.243 e. The molecule has 3 aromatic carbocycles. The molecule has 30 heavy (non-hydrogen) atoms. The number of carbonyl (C=O) groups excluding carboxylic acids is 2. The fourth-order valence-corrected chi connectivity index (χ4v) is 3.27. The third-order valence-electron chi connectivity index (χ3n) is 4.72. The number of hydrogen-bond acceptors (Lipinski definition) is 3. The average molecular weight is 422 g/mol. The molecule has 0 aliphatic rings. The van der Waals surface area contributed by atoms with Gasteiger partial charge >= 0.3 is 0 Å². The van der Waals surface area contributed by atoms with Crippen molar-refractivity contribution < 1.29 is 9.59 Å². The lowest BCUT2D eigenvalue weighted by Gasteiger charge is -2.19. The molecule has 0 aliphatic heterocycles. The maximum absolute atomic E-state index is 12.3. The van der Waals surface area contributed by atoms with Crippen molar-refractivity contribution in [2.24, 2.45) is 0 Å². The first-order valence-corrected chi connectivity index (χ1v) is 10.1. The summed E-state index contributed by atoms with van der Waals surface area (Å²) in [6, 6.07) is 25.0. The van der Waals surface area contributed by atoms with Crippen molar-refractivity contribution in [1.29, 1.82) is 0 Å². The van der Waals surface area contributed by atoms with Crippen molar-refractivity contribution in [2.75, 3.05) is 18.4 Å². The lowest BCUT2D eigenvalue weighted by atomic mass is 9.99. The molecule has 5 nitrogen and oxygen atoms in total. The van der Waals surface area contributed by atoms with Gasteiger partial charge in [-0.1, -0.05) is 78.3 Å². The molecular formula is C24H24ClN3O2. The summed E-state index contributed by atoms with van der Waals surface area (Å²) in [6.07, 6.45) is 0. The SMILES string of the molecule is Cc1c(Cl)cccc1NC(=O)CNC(=O)CNC(c1ccccc1)c1ccccc1. The maximum atomic E-state index is 12.3. The van der Waals surface area contributed by atoms with Gasteiger partial charge in [0.25, 0.3) is 0 Å². The molecule has 6 heteroatoms. The van der Waals surface area contributed by atoms with Gasteiger partial charge in [0, 0.05) is 10.7 Å². The highest BCUT2D eigenvalue weighted by atomic mass is 35.5. The molecule has 0 aliphatic carbocycles. The predicted molar refractivity (Wildman–Crippen MR) is 121 cm³/mol. The normalized spacial score (nSPS) is 10.6. The summed E-state index contributed by atoms with van der Waals surface area (Å²) >= 11 is 6.07. The summed E-state index contributed by atoms with van der Waals surface area (Å²) < 4.78 is 0. The van der Waals surface area contributed by atoms with Gasteiger partial charge in [-0.3, -0.25) is 14.9 Å². The summed E-state index contributed by atoms with van der Waals surface area (Å²) in [5.41, 5.74) is 3.54. The number of halogens is 1. The largest absolute Gasteiger partial charge is 0.346 e. The van der Waals surface area contributed by atoms with Crippen molar-refractivity contribution in [3.8, 4) is 0 Å². The molecule has 0 aromatic heterocycles. The monoisotopic (exact) mass is 421 g/mol. The van der Waals surface area contributed by atoms with Crippen LogP contribution in [0.1, 0.15) is 22.7 Å². The molecule has 0 heterocycles. The van der Waals surface area contributed by atoms with Crippen LogP contribution in [0.2, 0.25) is 5.02 Å². The van der Waals surface area contributed by atoms with E-state index in [1.165, 1.54) is 0 Å². The Kier molecular flexibility index (Phi) is 7.60. The van der Waals surface area contributed by atoms with Crippen molar-refractivity contribution in [1.82, 2.24) is 10.6 Å². The third-order valence-corrected chi connectivity index (χ3v) is 5.13. The Balaban J connectivity index is 1.54. The molecule has 3 rings (SSSR count). The highest BCUT2D eigenvalue weighted by molar-refractivity contribution is 6.31. The van der Waals surface area contributed by atoms with Crippen molar-refractivity contribution in [2.45, 2.75) is 13.0 Å². The summed E-state index contributed by atoms with van der Waals surface area (Å²) in [5.74, 6) is -0.568. The number of carbonyl (C=O) groups is 2. The van der Waals surface area contributed by atoms with Crippen molar-refractivity contribution in [3.63, 3.8) is 0 Å². The molecule has 0 fully saturated rings. The standard InChI is InChI=1S/C24H24ClN3O2/c1-17-20(25)13-8-14-21(17)28-23(30)16-26-22(29)15-27-24(18-9-4-2-5-10-18)19-11-6-3-7-12-19/h2-14,24,27H,15-16H2,1H3,(H,26,29)(H,28,30). The van der Waals surface area contributed by atoms with Gasteiger partial charge in [-0.05, 0) is 35.7 Å². The van der Waals surface area contributed by atoms with Crippen LogP contribution in [0.15, 0.2) is 78.9 Å². The van der Waals surface area contributed by atoms with Gasteiger partial charge in [-0.2, -0.15) is 0 Å². The Hall–Kier alpha value is -3.15. The second kappa shape index (κ2) is 10.6. The van der Waals surface area contributed by atoms with Gasteiger partial charge < -0.3 is 10.6 Å². The number of anilines is 1. The summed E-state index contributed by atoms with van der Waals surface area (Å²) in [4.78, 5) is 24.5. The molecule has 0 saturated heterocycles. The van der Waals surface area contributed by atoms with Crippen LogP contribution in [0.25, 0.3) is 0 Å². The highest BCUT2D eigenvalue weighted by Gasteiger charge is 2.15. The zero-order valence-electron chi connectivity index (χ0n) is 16.7. The van der Waals surface area contributed by atoms with E-state index in [0.29, 0.717) is 10.7 Å². The van der Waals surface area contributed by atoms with Gasteiger partial charge in [0.05, 0.1) is 19.1 Å². The Bertz CT molecular complexity index is 954. The first kappa shape index (κ1) is 21.6. The lowest BCUT2D eigenvalue weighted by molar-refractivity contribution is -0.123. The molecule has 3 aromatic rings. The molecule has 0 radical (unpaired) electrons. The van der Waals surface area contributed by atoms with Crippen LogP contribution < -0.4 is 16.0 Å². The molecule has 0 atom stereocenters. The Morgan fingerprint density at radius 1 is 0.800 bits per heavy atom. The van der Waals surface area contributed by atoms with Crippen LogP contribution in [-0.4, -0.2) is 24.9 Å². The molecule has 0 unspecified atom stereocenters.